The molecule has 0 saturated carbocycles. The highest BCUT2D eigenvalue weighted by atomic mass is 19.1. The van der Waals surface area contributed by atoms with E-state index in [9.17, 15) is 10.1 Å². The van der Waals surface area contributed by atoms with Gasteiger partial charge in [-0.25, -0.2) is 19.0 Å². The van der Waals surface area contributed by atoms with Gasteiger partial charge in [-0.3, -0.25) is 4.79 Å². The van der Waals surface area contributed by atoms with E-state index in [1.165, 1.54) is 12.4 Å². The number of amides is 1. The fourth-order valence-electron chi connectivity index (χ4n) is 6.04. The van der Waals surface area contributed by atoms with E-state index in [1.54, 1.807) is 33.8 Å². The fraction of sp³-hybridized carbons (Fsp3) is 0.364. The lowest BCUT2D eigenvalue weighted by molar-refractivity contribution is -0.128. The molecule has 2 aliphatic heterocycles. The molecule has 232 valence electrons. The van der Waals surface area contributed by atoms with E-state index in [-0.39, 0.29) is 40.9 Å². The van der Waals surface area contributed by atoms with Crippen molar-refractivity contribution in [2.75, 3.05) is 39.1 Å². The third-order valence-corrected chi connectivity index (χ3v) is 8.40. The van der Waals surface area contributed by atoms with E-state index >= 15 is 4.39 Å². The molecule has 0 unspecified atom stereocenters. The lowest BCUT2D eigenvalue weighted by Crippen LogP contribution is -2.48. The summed E-state index contributed by atoms with van der Waals surface area (Å²) in [7, 11) is 1.91. The van der Waals surface area contributed by atoms with Crippen LogP contribution in [-0.4, -0.2) is 74.8 Å². The minimum Gasteiger partial charge on any atom is -0.457 e. The van der Waals surface area contributed by atoms with Crippen LogP contribution in [0.3, 0.4) is 0 Å². The molecule has 2 fully saturated rings. The van der Waals surface area contributed by atoms with Gasteiger partial charge >= 0.3 is 0 Å². The first-order chi connectivity index (χ1) is 21.8. The predicted octanol–water partition coefficient (Wildman–Crippen LogP) is 4.93. The molecule has 0 aliphatic carbocycles. The van der Waals surface area contributed by atoms with E-state index in [4.69, 9.17) is 20.3 Å². The van der Waals surface area contributed by atoms with Crippen molar-refractivity contribution in [3.8, 4) is 28.8 Å². The maximum Gasteiger partial charge on any atom is 0.266 e. The molecule has 1 amide bonds. The van der Waals surface area contributed by atoms with Gasteiger partial charge in [-0.2, -0.15) is 10.4 Å². The number of ether oxygens (including phenoxy) is 2. The van der Waals surface area contributed by atoms with Crippen molar-refractivity contribution in [1.29, 1.82) is 5.26 Å². The molecule has 11 nitrogen and oxygen atoms in total. The molecule has 2 aliphatic rings. The second-order valence-electron chi connectivity index (χ2n) is 11.7. The SMILES string of the molecule is CC(C)C(=C(C#N)C(=O)N1CCC[C@@H](n2nc(-c3ccc(Oc4ccccc4)cc3F)c3c(N)ncnc32)C1)N(C)C1COC1. The molecular formula is C33H35FN8O3. The summed E-state index contributed by atoms with van der Waals surface area (Å²) in [6.07, 6.45) is 2.75. The zero-order valence-corrected chi connectivity index (χ0v) is 25.5. The number of hydrogen-bond donors (Lipinski definition) is 1. The predicted molar refractivity (Wildman–Crippen MR) is 166 cm³/mol. The number of piperidine rings is 1. The second-order valence-corrected chi connectivity index (χ2v) is 11.7. The average molecular weight is 611 g/mol. The Morgan fingerprint density at radius 3 is 2.62 bits per heavy atom. The number of fused-ring (bicyclic) bond motifs is 1. The molecule has 2 aromatic heterocycles. The molecule has 0 bridgehead atoms. The normalized spacial score (nSPS) is 17.5. The Labute approximate surface area is 260 Å². The van der Waals surface area contributed by atoms with Crippen LogP contribution >= 0.6 is 0 Å². The number of halogens is 1. The molecule has 12 heteroatoms. The summed E-state index contributed by atoms with van der Waals surface area (Å²) in [4.78, 5) is 26.2. The van der Waals surface area contributed by atoms with Crippen molar-refractivity contribution >= 4 is 22.8 Å². The number of aromatic nitrogens is 4. The molecule has 45 heavy (non-hydrogen) atoms. The lowest BCUT2D eigenvalue weighted by atomic mass is 9.99. The standard InChI is InChI=1S/C33H35FN8O3/c1-20(2)30(40(3)22-17-44-18-22)26(15-35)33(43)41-13-7-8-21(16-41)42-32-28(31(36)37-19-38-32)29(39-42)25-12-11-24(14-27(25)34)45-23-9-5-4-6-10-23/h4-6,9-12,14,19-22H,7-8,13,16-18H2,1-3H3,(H2,36,37,38)/t21-/m1/s1. The first-order valence-electron chi connectivity index (χ1n) is 15.0. The van der Waals surface area contributed by atoms with Crippen LogP contribution in [0, 0.1) is 23.1 Å². The number of allylic oxidation sites excluding steroid dienone is 1. The van der Waals surface area contributed by atoms with Crippen LogP contribution in [-0.2, 0) is 9.53 Å². The highest BCUT2D eigenvalue weighted by Gasteiger charge is 2.34. The van der Waals surface area contributed by atoms with Gasteiger partial charge in [0, 0.05) is 37.5 Å². The Kier molecular flexibility index (Phi) is 8.36. The first kappa shape index (κ1) is 30.0. The monoisotopic (exact) mass is 610 g/mol. The average Bonchev–Trinajstić information content (AvgIpc) is 3.39. The maximum absolute atomic E-state index is 15.6. The van der Waals surface area contributed by atoms with Gasteiger partial charge in [0.15, 0.2) is 5.65 Å². The minimum atomic E-state index is -0.537. The van der Waals surface area contributed by atoms with Crippen LogP contribution in [0.2, 0.25) is 0 Å². The Bertz CT molecular complexity index is 1790. The van der Waals surface area contributed by atoms with E-state index in [2.05, 4.69) is 16.0 Å². The molecule has 1 atom stereocenters. The smallest absolute Gasteiger partial charge is 0.266 e. The first-order valence-corrected chi connectivity index (χ1v) is 15.0. The maximum atomic E-state index is 15.6. The van der Waals surface area contributed by atoms with Crippen LogP contribution in [0.15, 0.2) is 66.1 Å². The molecule has 4 heterocycles. The van der Waals surface area contributed by atoms with E-state index in [0.29, 0.717) is 73.1 Å². The largest absolute Gasteiger partial charge is 0.457 e. The van der Waals surface area contributed by atoms with Crippen LogP contribution in [0.1, 0.15) is 32.7 Å². The number of anilines is 1. The van der Waals surface area contributed by atoms with Crippen LogP contribution in [0.25, 0.3) is 22.3 Å². The van der Waals surface area contributed by atoms with Gasteiger partial charge < -0.3 is 25.0 Å². The van der Waals surface area contributed by atoms with Gasteiger partial charge in [0.25, 0.3) is 5.91 Å². The zero-order valence-electron chi connectivity index (χ0n) is 25.5. The number of carbonyl (C=O) groups is 1. The molecule has 0 spiro atoms. The number of nitrogen functional groups attached to an aromatic ring is 1. The zero-order chi connectivity index (χ0) is 31.7. The van der Waals surface area contributed by atoms with Gasteiger partial charge in [0.2, 0.25) is 0 Å². The van der Waals surface area contributed by atoms with Crippen LogP contribution < -0.4 is 10.5 Å². The van der Waals surface area contributed by atoms with E-state index < -0.39 is 5.82 Å². The summed E-state index contributed by atoms with van der Waals surface area (Å²) in [5, 5.41) is 15.4. The molecule has 6 rings (SSSR count). The van der Waals surface area contributed by atoms with Crippen molar-refractivity contribution in [3.05, 3.63) is 71.9 Å². The van der Waals surface area contributed by atoms with Crippen molar-refractivity contribution in [2.45, 2.75) is 38.8 Å². The summed E-state index contributed by atoms with van der Waals surface area (Å²) in [6, 6.07) is 15.8. The van der Waals surface area contributed by atoms with Gasteiger partial charge in [0.05, 0.1) is 30.7 Å². The molecular weight excluding hydrogens is 575 g/mol. The fourth-order valence-corrected chi connectivity index (χ4v) is 6.04. The number of nitrogens with two attached hydrogens (primary N) is 1. The molecule has 2 saturated heterocycles. The molecule has 0 radical (unpaired) electrons. The van der Waals surface area contributed by atoms with E-state index in [0.717, 1.165) is 0 Å². The van der Waals surface area contributed by atoms with Gasteiger partial charge in [-0.15, -0.1) is 0 Å². The Hall–Kier alpha value is -5.02. The Morgan fingerprint density at radius 1 is 1.18 bits per heavy atom. The highest BCUT2D eigenvalue weighted by Crippen LogP contribution is 2.37. The molecule has 2 aromatic carbocycles. The molecule has 2 N–H and O–H groups in total. The van der Waals surface area contributed by atoms with Gasteiger partial charge in [-0.1, -0.05) is 32.0 Å². The number of likely N-dealkylation sites (tertiary alicyclic amines) is 1. The Morgan fingerprint density at radius 2 is 1.96 bits per heavy atom. The summed E-state index contributed by atoms with van der Waals surface area (Å²) >= 11 is 0. The number of nitrogens with zero attached hydrogens (tertiary/aromatic N) is 7. The van der Waals surface area contributed by atoms with Crippen molar-refractivity contribution in [1.82, 2.24) is 29.5 Å². The number of carbonyl (C=O) groups excluding carboxylic acids is 1. The number of rotatable bonds is 8. The number of likely N-dealkylation sites (N-methyl/N-ethyl adjacent to an activating group) is 1. The van der Waals surface area contributed by atoms with Gasteiger partial charge in [-0.05, 0) is 43.0 Å². The van der Waals surface area contributed by atoms with Gasteiger partial charge in [0.1, 0.15) is 46.8 Å². The lowest BCUT2D eigenvalue weighted by Gasteiger charge is -2.40. The number of hydrogen-bond acceptors (Lipinski definition) is 9. The number of nitriles is 1. The quantitative estimate of drug-likeness (QED) is 0.217. The minimum absolute atomic E-state index is 0.0357. The topological polar surface area (TPSA) is 135 Å². The Balaban J connectivity index is 1.32. The summed E-state index contributed by atoms with van der Waals surface area (Å²) in [5.41, 5.74) is 8.14. The van der Waals surface area contributed by atoms with Crippen LogP contribution in [0.4, 0.5) is 10.2 Å². The summed E-state index contributed by atoms with van der Waals surface area (Å²) in [5.74, 6) is 0.217. The van der Waals surface area contributed by atoms with E-state index in [1.807, 2.05) is 44.0 Å². The summed E-state index contributed by atoms with van der Waals surface area (Å²) < 4.78 is 28.5. The van der Waals surface area contributed by atoms with Crippen molar-refractivity contribution in [2.24, 2.45) is 5.92 Å². The summed E-state index contributed by atoms with van der Waals surface area (Å²) in [6.45, 7) is 5.90. The second kappa shape index (κ2) is 12.5. The number of benzene rings is 2. The molecule has 4 aromatic rings. The third kappa shape index (κ3) is 5.79. The van der Waals surface area contributed by atoms with Crippen LogP contribution in [0.5, 0.6) is 11.5 Å². The highest BCUT2D eigenvalue weighted by molar-refractivity contribution is 5.99. The number of para-hydroxylation sites is 1. The third-order valence-electron chi connectivity index (χ3n) is 8.40. The van der Waals surface area contributed by atoms with Crippen molar-refractivity contribution < 1.29 is 18.7 Å². The van der Waals surface area contributed by atoms with Crippen molar-refractivity contribution in [3.63, 3.8) is 0 Å².